The smallest absolute Gasteiger partial charge is 0.0600 e. The number of hydrogen-bond donors (Lipinski definition) is 0. The van der Waals surface area contributed by atoms with E-state index >= 15 is 0 Å². The number of benzene rings is 2. The maximum atomic E-state index is 4.05. The van der Waals surface area contributed by atoms with E-state index in [1.807, 2.05) is 60.7 Å². The van der Waals surface area contributed by atoms with Crippen LogP contribution >= 0.6 is 0 Å². The largest absolute Gasteiger partial charge is 0.246 e. The van der Waals surface area contributed by atoms with Gasteiger partial charge in [-0.2, -0.15) is 0 Å². The first-order valence-corrected chi connectivity index (χ1v) is 6.41. The van der Waals surface area contributed by atoms with Crippen LogP contribution in [0.1, 0.15) is 11.1 Å². The van der Waals surface area contributed by atoms with Crippen LogP contribution in [0.2, 0.25) is 0 Å². The zero-order valence-electron chi connectivity index (χ0n) is 11.7. The van der Waals surface area contributed by atoms with Gasteiger partial charge in [0.25, 0.3) is 0 Å². The van der Waals surface area contributed by atoms with Gasteiger partial charge in [-0.3, -0.25) is 0 Å². The predicted molar refractivity (Wildman–Crippen MR) is 86.4 cm³/mol. The molecule has 0 aliphatic heterocycles. The van der Waals surface area contributed by atoms with Crippen LogP contribution in [0.15, 0.2) is 70.6 Å². The van der Waals surface area contributed by atoms with Crippen LogP contribution in [0, 0.1) is 0 Å². The van der Waals surface area contributed by atoms with Gasteiger partial charge in [0.15, 0.2) is 0 Å². The topological polar surface area (TPSA) is 24.7 Å². The molecule has 98 valence electrons. The van der Waals surface area contributed by atoms with E-state index in [9.17, 15) is 0 Å². The SMILES string of the molecule is CN=C=C(C(=C=NC)c1ccccc1)c1ccccc1. The van der Waals surface area contributed by atoms with Gasteiger partial charge in [-0.15, -0.1) is 0 Å². The fraction of sp³-hybridized carbons (Fsp3) is 0.111. The third-order valence-electron chi connectivity index (χ3n) is 2.82. The first kappa shape index (κ1) is 13.8. The van der Waals surface area contributed by atoms with Crippen molar-refractivity contribution in [2.24, 2.45) is 9.98 Å². The van der Waals surface area contributed by atoms with Crippen molar-refractivity contribution >= 4 is 22.9 Å². The summed E-state index contributed by atoms with van der Waals surface area (Å²) in [6.07, 6.45) is 0. The molecule has 0 unspecified atom stereocenters. The molecule has 20 heavy (non-hydrogen) atoms. The molecule has 0 N–H and O–H groups in total. The molecule has 0 bridgehead atoms. The molecule has 0 radical (unpaired) electrons. The number of nitrogens with zero attached hydrogens (tertiary/aromatic N) is 2. The molecule has 0 amide bonds. The molecular formula is C18H16N2. The highest BCUT2D eigenvalue weighted by molar-refractivity contribution is 6.23. The van der Waals surface area contributed by atoms with Crippen LogP contribution in [0.3, 0.4) is 0 Å². The Hall–Kier alpha value is -2.66. The van der Waals surface area contributed by atoms with Crippen molar-refractivity contribution < 1.29 is 0 Å². The molecule has 2 aromatic carbocycles. The van der Waals surface area contributed by atoms with Crippen molar-refractivity contribution in [2.75, 3.05) is 14.1 Å². The molecule has 2 rings (SSSR count). The summed E-state index contributed by atoms with van der Waals surface area (Å²) >= 11 is 0. The van der Waals surface area contributed by atoms with Crippen LogP contribution in [0.4, 0.5) is 0 Å². The van der Waals surface area contributed by atoms with Gasteiger partial charge >= 0.3 is 0 Å². The zero-order chi connectivity index (χ0) is 14.2. The average Bonchev–Trinajstić information content (AvgIpc) is 2.52. The molecule has 0 saturated heterocycles. The molecule has 0 heterocycles. The molecular weight excluding hydrogens is 244 g/mol. The quantitative estimate of drug-likeness (QED) is 0.593. The van der Waals surface area contributed by atoms with E-state index in [4.69, 9.17) is 0 Å². The summed E-state index contributed by atoms with van der Waals surface area (Å²) in [7, 11) is 3.43. The second-order valence-electron chi connectivity index (χ2n) is 4.15. The van der Waals surface area contributed by atoms with Gasteiger partial charge in [-0.25, -0.2) is 9.98 Å². The lowest BCUT2D eigenvalue weighted by molar-refractivity contribution is 1.48. The van der Waals surface area contributed by atoms with Gasteiger partial charge in [0, 0.05) is 14.1 Å². The summed E-state index contributed by atoms with van der Waals surface area (Å²) in [6.45, 7) is 0. The van der Waals surface area contributed by atoms with Crippen molar-refractivity contribution in [3.63, 3.8) is 0 Å². The third kappa shape index (κ3) is 3.21. The minimum Gasteiger partial charge on any atom is -0.246 e. The Morgan fingerprint density at radius 1 is 0.650 bits per heavy atom. The fourth-order valence-corrected chi connectivity index (χ4v) is 1.96. The summed E-state index contributed by atoms with van der Waals surface area (Å²) in [4.78, 5) is 8.10. The number of allylic oxidation sites excluding steroid dienone is 2. The molecule has 0 saturated carbocycles. The highest BCUT2D eigenvalue weighted by Gasteiger charge is 2.10. The molecule has 0 aromatic heterocycles. The van der Waals surface area contributed by atoms with E-state index in [0.29, 0.717) is 0 Å². The van der Waals surface area contributed by atoms with Gasteiger partial charge in [0.1, 0.15) is 0 Å². The first-order valence-electron chi connectivity index (χ1n) is 6.41. The summed E-state index contributed by atoms with van der Waals surface area (Å²) < 4.78 is 0. The lowest BCUT2D eigenvalue weighted by Gasteiger charge is -2.07. The van der Waals surface area contributed by atoms with Crippen molar-refractivity contribution in [3.8, 4) is 0 Å². The lowest BCUT2D eigenvalue weighted by atomic mass is 9.94. The fourth-order valence-electron chi connectivity index (χ4n) is 1.96. The van der Waals surface area contributed by atoms with Gasteiger partial charge in [-0.05, 0) is 22.9 Å². The van der Waals surface area contributed by atoms with Crippen molar-refractivity contribution in [1.29, 1.82) is 0 Å². The van der Waals surface area contributed by atoms with Crippen LogP contribution in [-0.4, -0.2) is 25.8 Å². The van der Waals surface area contributed by atoms with Crippen LogP contribution in [-0.2, 0) is 0 Å². The molecule has 2 aromatic rings. The van der Waals surface area contributed by atoms with E-state index in [1.165, 1.54) is 0 Å². The number of hydrogen-bond acceptors (Lipinski definition) is 2. The van der Waals surface area contributed by atoms with E-state index in [2.05, 4.69) is 21.7 Å². The van der Waals surface area contributed by atoms with Gasteiger partial charge in [0.2, 0.25) is 0 Å². The highest BCUT2D eigenvalue weighted by atomic mass is 14.6. The molecule has 0 spiro atoms. The van der Waals surface area contributed by atoms with Crippen molar-refractivity contribution in [1.82, 2.24) is 0 Å². The molecule has 0 atom stereocenters. The van der Waals surface area contributed by atoms with Gasteiger partial charge in [-0.1, -0.05) is 60.7 Å². The number of aliphatic imine (C=N–C) groups is 2. The highest BCUT2D eigenvalue weighted by Crippen LogP contribution is 2.26. The lowest BCUT2D eigenvalue weighted by Crippen LogP contribution is -1.92. The second-order valence-corrected chi connectivity index (χ2v) is 4.15. The van der Waals surface area contributed by atoms with Gasteiger partial charge in [0.05, 0.1) is 11.1 Å². The Kier molecular flexibility index (Phi) is 4.86. The monoisotopic (exact) mass is 260 g/mol. The van der Waals surface area contributed by atoms with Crippen molar-refractivity contribution in [3.05, 3.63) is 71.8 Å². The first-order chi connectivity index (χ1) is 9.86. The summed E-state index contributed by atoms with van der Waals surface area (Å²) in [5, 5.41) is 0. The maximum Gasteiger partial charge on any atom is 0.0600 e. The Morgan fingerprint density at radius 2 is 1.00 bits per heavy atom. The minimum absolute atomic E-state index is 0.893. The van der Waals surface area contributed by atoms with E-state index in [1.54, 1.807) is 14.1 Å². The Morgan fingerprint density at radius 3 is 1.30 bits per heavy atom. The van der Waals surface area contributed by atoms with E-state index in [0.717, 1.165) is 22.3 Å². The van der Waals surface area contributed by atoms with E-state index < -0.39 is 0 Å². The average molecular weight is 260 g/mol. The summed E-state index contributed by atoms with van der Waals surface area (Å²) in [6, 6.07) is 20.1. The Balaban J connectivity index is 2.64. The predicted octanol–water partition coefficient (Wildman–Crippen LogP) is 3.75. The van der Waals surface area contributed by atoms with Crippen LogP contribution in [0.25, 0.3) is 11.1 Å². The Labute approximate surface area is 119 Å². The Bertz CT molecular complexity index is 621. The molecule has 2 nitrogen and oxygen atoms in total. The van der Waals surface area contributed by atoms with Crippen LogP contribution in [0.5, 0.6) is 0 Å². The standard InChI is InChI=1S/C18H16N2/c1-19-13-17(15-9-5-3-6-10-15)18(14-20-2)16-11-7-4-8-12-16/h3-12H,1-2H3. The third-order valence-corrected chi connectivity index (χ3v) is 2.82. The minimum atomic E-state index is 0.893. The van der Waals surface area contributed by atoms with Crippen LogP contribution < -0.4 is 0 Å². The molecule has 0 aliphatic rings. The summed E-state index contributed by atoms with van der Waals surface area (Å²) in [5.41, 5.74) is 3.89. The molecule has 0 aliphatic carbocycles. The van der Waals surface area contributed by atoms with E-state index in [-0.39, 0.29) is 0 Å². The molecule has 2 heteroatoms. The second kappa shape index (κ2) is 7.06. The molecule has 0 fully saturated rings. The normalized spacial score (nSPS) is 9.10. The number of rotatable bonds is 3. The van der Waals surface area contributed by atoms with Gasteiger partial charge < -0.3 is 0 Å². The summed E-state index contributed by atoms with van der Waals surface area (Å²) in [5.74, 6) is 6.13. The maximum absolute atomic E-state index is 4.05. The van der Waals surface area contributed by atoms with Crippen molar-refractivity contribution in [2.45, 2.75) is 0 Å². The zero-order valence-corrected chi connectivity index (χ0v) is 11.7.